The van der Waals surface area contributed by atoms with Crippen LogP contribution in [-0.4, -0.2) is 22.0 Å². The SMILES string of the molecule is O=C(CCc1ccccc1)NCCn1cnc2ccccc21. The molecule has 0 aliphatic heterocycles. The number of rotatable bonds is 6. The van der Waals surface area contributed by atoms with Gasteiger partial charge in [0.1, 0.15) is 0 Å². The number of nitrogens with one attached hydrogen (secondary N) is 1. The van der Waals surface area contributed by atoms with Crippen LogP contribution >= 0.6 is 0 Å². The quantitative estimate of drug-likeness (QED) is 0.759. The Morgan fingerprint density at radius 2 is 1.82 bits per heavy atom. The molecular weight excluding hydrogens is 274 g/mol. The Balaban J connectivity index is 1.45. The summed E-state index contributed by atoms with van der Waals surface area (Å²) in [6.07, 6.45) is 3.12. The summed E-state index contributed by atoms with van der Waals surface area (Å²) >= 11 is 0. The predicted molar refractivity (Wildman–Crippen MR) is 87.5 cm³/mol. The largest absolute Gasteiger partial charge is 0.354 e. The van der Waals surface area contributed by atoms with Gasteiger partial charge in [0.15, 0.2) is 0 Å². The van der Waals surface area contributed by atoms with E-state index in [0.29, 0.717) is 13.0 Å². The Morgan fingerprint density at radius 1 is 1.05 bits per heavy atom. The van der Waals surface area contributed by atoms with Crippen molar-refractivity contribution in [2.24, 2.45) is 0 Å². The lowest BCUT2D eigenvalue weighted by atomic mass is 10.1. The first-order valence-corrected chi connectivity index (χ1v) is 7.53. The number of nitrogens with zero attached hydrogens (tertiary/aromatic N) is 2. The molecule has 1 aromatic heterocycles. The molecule has 4 nitrogen and oxygen atoms in total. The molecular formula is C18H19N3O. The van der Waals surface area contributed by atoms with E-state index in [1.165, 1.54) is 5.56 Å². The van der Waals surface area contributed by atoms with E-state index in [0.717, 1.165) is 24.0 Å². The van der Waals surface area contributed by atoms with Crippen molar-refractivity contribution in [1.82, 2.24) is 14.9 Å². The summed E-state index contributed by atoms with van der Waals surface area (Å²) in [5.41, 5.74) is 3.28. The summed E-state index contributed by atoms with van der Waals surface area (Å²) in [5, 5.41) is 2.97. The molecule has 1 heterocycles. The van der Waals surface area contributed by atoms with Gasteiger partial charge in [-0.1, -0.05) is 42.5 Å². The van der Waals surface area contributed by atoms with Crippen LogP contribution in [0.15, 0.2) is 60.9 Å². The van der Waals surface area contributed by atoms with Crippen molar-refractivity contribution in [3.63, 3.8) is 0 Å². The molecule has 0 unspecified atom stereocenters. The maximum absolute atomic E-state index is 11.9. The van der Waals surface area contributed by atoms with Gasteiger partial charge in [0.2, 0.25) is 5.91 Å². The Labute approximate surface area is 129 Å². The minimum atomic E-state index is 0.0910. The van der Waals surface area contributed by atoms with Crippen LogP contribution in [0.4, 0.5) is 0 Å². The third kappa shape index (κ3) is 3.52. The molecule has 0 saturated carbocycles. The van der Waals surface area contributed by atoms with Crippen molar-refractivity contribution in [3.05, 3.63) is 66.5 Å². The maximum Gasteiger partial charge on any atom is 0.220 e. The number of hydrogen-bond acceptors (Lipinski definition) is 2. The van der Waals surface area contributed by atoms with Gasteiger partial charge in [-0.2, -0.15) is 0 Å². The van der Waals surface area contributed by atoms with Crippen molar-refractivity contribution in [2.75, 3.05) is 6.54 Å². The first-order chi connectivity index (χ1) is 10.8. The first-order valence-electron chi connectivity index (χ1n) is 7.53. The molecule has 0 aliphatic rings. The number of para-hydroxylation sites is 2. The molecule has 0 fully saturated rings. The van der Waals surface area contributed by atoms with Gasteiger partial charge in [-0.05, 0) is 24.1 Å². The van der Waals surface area contributed by atoms with E-state index in [4.69, 9.17) is 0 Å². The van der Waals surface area contributed by atoms with Crippen LogP contribution in [0.2, 0.25) is 0 Å². The molecule has 0 saturated heterocycles. The van der Waals surface area contributed by atoms with Crippen molar-refractivity contribution in [1.29, 1.82) is 0 Å². The van der Waals surface area contributed by atoms with E-state index in [1.54, 1.807) is 0 Å². The zero-order valence-corrected chi connectivity index (χ0v) is 12.4. The molecule has 4 heteroatoms. The topological polar surface area (TPSA) is 46.9 Å². The van der Waals surface area contributed by atoms with Crippen LogP contribution in [0.1, 0.15) is 12.0 Å². The van der Waals surface area contributed by atoms with Gasteiger partial charge < -0.3 is 9.88 Å². The average molecular weight is 293 g/mol. The van der Waals surface area contributed by atoms with Crippen molar-refractivity contribution < 1.29 is 4.79 Å². The van der Waals surface area contributed by atoms with Crippen LogP contribution < -0.4 is 5.32 Å². The van der Waals surface area contributed by atoms with Gasteiger partial charge >= 0.3 is 0 Å². The zero-order chi connectivity index (χ0) is 15.2. The summed E-state index contributed by atoms with van der Waals surface area (Å²) < 4.78 is 2.06. The normalized spacial score (nSPS) is 10.7. The molecule has 0 aliphatic carbocycles. The van der Waals surface area contributed by atoms with E-state index in [1.807, 2.05) is 60.9 Å². The van der Waals surface area contributed by atoms with Gasteiger partial charge in [0.25, 0.3) is 0 Å². The van der Waals surface area contributed by atoms with Crippen LogP contribution in [0.5, 0.6) is 0 Å². The summed E-state index contributed by atoms with van der Waals surface area (Å²) in [6.45, 7) is 1.35. The summed E-state index contributed by atoms with van der Waals surface area (Å²) in [6, 6.07) is 18.1. The second-order valence-corrected chi connectivity index (χ2v) is 5.26. The Hall–Kier alpha value is -2.62. The number of aryl methyl sites for hydroxylation is 1. The van der Waals surface area contributed by atoms with Crippen molar-refractivity contribution in [3.8, 4) is 0 Å². The highest BCUT2D eigenvalue weighted by Gasteiger charge is 2.04. The maximum atomic E-state index is 11.9. The molecule has 22 heavy (non-hydrogen) atoms. The minimum absolute atomic E-state index is 0.0910. The number of amides is 1. The monoisotopic (exact) mass is 293 g/mol. The standard InChI is InChI=1S/C18H19N3O/c22-18(11-10-15-6-2-1-3-7-15)19-12-13-21-14-20-16-8-4-5-9-17(16)21/h1-9,14H,10-13H2,(H,19,22). The first kappa shape index (κ1) is 14.3. The lowest BCUT2D eigenvalue weighted by Crippen LogP contribution is -2.27. The van der Waals surface area contributed by atoms with Crippen molar-refractivity contribution >= 4 is 16.9 Å². The number of carbonyl (C=O) groups excluding carboxylic acids is 1. The fourth-order valence-corrected chi connectivity index (χ4v) is 2.50. The molecule has 0 bridgehead atoms. The molecule has 1 amide bonds. The minimum Gasteiger partial charge on any atom is -0.354 e. The number of carbonyl (C=O) groups is 1. The van der Waals surface area contributed by atoms with Gasteiger partial charge in [-0.3, -0.25) is 4.79 Å². The number of hydrogen-bond donors (Lipinski definition) is 1. The Bertz CT molecular complexity index is 749. The molecule has 112 valence electrons. The Morgan fingerprint density at radius 3 is 2.68 bits per heavy atom. The van der Waals surface area contributed by atoms with Gasteiger partial charge in [0.05, 0.1) is 17.4 Å². The third-order valence-electron chi connectivity index (χ3n) is 3.69. The fraction of sp³-hybridized carbons (Fsp3) is 0.222. The van der Waals surface area contributed by atoms with Crippen LogP contribution in [-0.2, 0) is 17.8 Å². The van der Waals surface area contributed by atoms with Crippen LogP contribution in [0.25, 0.3) is 11.0 Å². The molecule has 0 spiro atoms. The van der Waals surface area contributed by atoms with E-state index < -0.39 is 0 Å². The highest BCUT2D eigenvalue weighted by Crippen LogP contribution is 2.11. The molecule has 3 aromatic rings. The van der Waals surface area contributed by atoms with E-state index >= 15 is 0 Å². The van der Waals surface area contributed by atoms with E-state index in [-0.39, 0.29) is 5.91 Å². The van der Waals surface area contributed by atoms with Crippen molar-refractivity contribution in [2.45, 2.75) is 19.4 Å². The van der Waals surface area contributed by atoms with Crippen LogP contribution in [0, 0.1) is 0 Å². The number of aromatic nitrogens is 2. The van der Waals surface area contributed by atoms with Crippen LogP contribution in [0.3, 0.4) is 0 Å². The number of imidazole rings is 1. The molecule has 0 radical (unpaired) electrons. The highest BCUT2D eigenvalue weighted by molar-refractivity contribution is 5.76. The summed E-state index contributed by atoms with van der Waals surface area (Å²) in [7, 11) is 0. The highest BCUT2D eigenvalue weighted by atomic mass is 16.1. The smallest absolute Gasteiger partial charge is 0.220 e. The second kappa shape index (κ2) is 6.89. The van der Waals surface area contributed by atoms with Gasteiger partial charge in [-0.25, -0.2) is 4.98 Å². The summed E-state index contributed by atoms with van der Waals surface area (Å²) in [5.74, 6) is 0.0910. The third-order valence-corrected chi connectivity index (χ3v) is 3.69. The lowest BCUT2D eigenvalue weighted by Gasteiger charge is -2.07. The lowest BCUT2D eigenvalue weighted by molar-refractivity contribution is -0.121. The number of fused-ring (bicyclic) bond motifs is 1. The molecule has 0 atom stereocenters. The molecule has 2 aromatic carbocycles. The van der Waals surface area contributed by atoms with Gasteiger partial charge in [-0.15, -0.1) is 0 Å². The number of benzene rings is 2. The van der Waals surface area contributed by atoms with E-state index in [9.17, 15) is 4.79 Å². The molecule has 3 rings (SSSR count). The average Bonchev–Trinajstić information content (AvgIpc) is 2.97. The van der Waals surface area contributed by atoms with E-state index in [2.05, 4.69) is 14.9 Å². The predicted octanol–water partition coefficient (Wildman–Crippen LogP) is 2.79. The fourth-order valence-electron chi connectivity index (χ4n) is 2.50. The van der Waals surface area contributed by atoms with Gasteiger partial charge in [0, 0.05) is 19.5 Å². The Kier molecular flexibility index (Phi) is 4.49. The molecule has 1 N–H and O–H groups in total. The summed E-state index contributed by atoms with van der Waals surface area (Å²) in [4.78, 5) is 16.2. The zero-order valence-electron chi connectivity index (χ0n) is 12.4. The second-order valence-electron chi connectivity index (χ2n) is 5.26.